The monoisotopic (exact) mass is 641 g/mol. The van der Waals surface area contributed by atoms with E-state index in [9.17, 15) is 1.37 Å². The molecule has 0 spiro atoms. The first-order valence-electron chi connectivity index (χ1n) is 22.7. The van der Waals surface area contributed by atoms with E-state index in [1.807, 2.05) is 54.6 Å². The molecule has 7 aromatic carbocycles. The summed E-state index contributed by atoms with van der Waals surface area (Å²) >= 11 is 0. The third-order valence-electron chi connectivity index (χ3n) is 8.10. The second-order valence-corrected chi connectivity index (χ2v) is 11.0. The van der Waals surface area contributed by atoms with Gasteiger partial charge in [0.15, 0.2) is 17.5 Å². The van der Waals surface area contributed by atoms with Gasteiger partial charge in [0.05, 0.1) is 37.3 Å². The Hall–Kier alpha value is -6.65. The maximum Gasteiger partial charge on any atom is 0.166 e. The van der Waals surface area contributed by atoms with Crippen molar-refractivity contribution >= 4 is 21.8 Å². The predicted octanol–water partition coefficient (Wildman–Crippen LogP) is 11.3. The van der Waals surface area contributed by atoms with Gasteiger partial charge in [0.1, 0.15) is 0 Å². The van der Waals surface area contributed by atoms with Crippen LogP contribution in [0.5, 0.6) is 0 Å². The molecule has 0 radical (unpaired) electrons. The summed E-state index contributed by atoms with van der Waals surface area (Å²) in [6.45, 7) is 0. The predicted molar refractivity (Wildman–Crippen MR) is 201 cm³/mol. The second-order valence-electron chi connectivity index (χ2n) is 11.0. The van der Waals surface area contributed by atoms with Gasteiger partial charge in [-0.3, -0.25) is 0 Å². The summed E-state index contributed by atoms with van der Waals surface area (Å²) in [7, 11) is 0. The SMILES string of the molecule is [2H]c1cc(-c2nc(-c3cc(-c4ccc(-c5ccccc5)cc4)ccc3-n3c4c([2H])cc([2H])c([2H])c4c4c([2H])c([2H])c([2H])c([2H])c43)nc(-c3cc([2H])c([2H])c([2H])c3[2H])n2)c([2H])c([2H])c1[2H]. The van der Waals surface area contributed by atoms with Crippen LogP contribution >= 0.6 is 0 Å². The quantitative estimate of drug-likeness (QED) is 0.181. The molecule has 0 saturated carbocycles. The van der Waals surface area contributed by atoms with E-state index in [4.69, 9.17) is 29.2 Å². The first-order chi connectivity index (χ1) is 30.5. The van der Waals surface area contributed by atoms with E-state index in [0.717, 1.165) is 29.3 Å². The van der Waals surface area contributed by atoms with Crippen molar-refractivity contribution in [1.82, 2.24) is 19.5 Å². The second kappa shape index (κ2) is 12.2. The number of para-hydroxylation sites is 2. The highest BCUT2D eigenvalue weighted by molar-refractivity contribution is 6.09. The number of fused-ring (bicyclic) bond motifs is 3. The number of nitrogens with zero attached hydrogens (tertiary/aromatic N) is 4. The lowest BCUT2D eigenvalue weighted by Crippen LogP contribution is -2.04. The number of hydrogen-bond donors (Lipinski definition) is 0. The summed E-state index contributed by atoms with van der Waals surface area (Å²) in [6, 6.07) is 18.7. The van der Waals surface area contributed by atoms with Gasteiger partial charge in [0.25, 0.3) is 0 Å². The topological polar surface area (TPSA) is 43.6 Å². The molecular weight excluding hydrogens is 597 g/mol. The van der Waals surface area contributed by atoms with Crippen molar-refractivity contribution in [2.75, 3.05) is 0 Å². The van der Waals surface area contributed by atoms with Crippen LogP contribution in [0.2, 0.25) is 0 Å². The number of benzene rings is 7. The average Bonchev–Trinajstić information content (AvgIpc) is 3.67. The van der Waals surface area contributed by atoms with Gasteiger partial charge in [-0.25, -0.2) is 15.0 Å². The molecule has 2 heterocycles. The zero-order chi connectivity index (χ0) is 45.6. The molecule has 0 aliphatic carbocycles. The minimum absolute atomic E-state index is 0.0203. The van der Waals surface area contributed by atoms with E-state index in [2.05, 4.69) is 4.98 Å². The summed E-state index contributed by atoms with van der Waals surface area (Å²) in [5.41, 5.74) is 3.04. The molecular formula is C45H30N4. The van der Waals surface area contributed by atoms with Crippen LogP contribution in [0.15, 0.2) is 182 Å². The van der Waals surface area contributed by atoms with Crippen LogP contribution in [0.25, 0.3) is 83.9 Å². The maximum atomic E-state index is 9.18. The van der Waals surface area contributed by atoms with E-state index in [1.54, 1.807) is 18.2 Å². The normalized spacial score (nSPS) is 15.6. The molecule has 230 valence electrons. The van der Waals surface area contributed by atoms with Crippen molar-refractivity contribution in [2.24, 2.45) is 0 Å². The zero-order valence-corrected chi connectivity index (χ0v) is 25.4. The molecule has 0 aliphatic heterocycles. The lowest BCUT2D eigenvalue weighted by atomic mass is 9.98. The Kier molecular flexibility index (Phi) is 4.21. The molecule has 0 saturated heterocycles. The van der Waals surface area contributed by atoms with Crippen molar-refractivity contribution in [3.05, 3.63) is 182 Å². The van der Waals surface area contributed by atoms with Gasteiger partial charge < -0.3 is 4.57 Å². The highest BCUT2D eigenvalue weighted by Gasteiger charge is 2.20. The molecule has 2 aromatic heterocycles. The van der Waals surface area contributed by atoms with E-state index in [0.29, 0.717) is 11.1 Å². The highest BCUT2D eigenvalue weighted by Crippen LogP contribution is 2.38. The minimum atomic E-state index is -0.594. The third kappa shape index (κ3) is 5.26. The van der Waals surface area contributed by atoms with Crippen LogP contribution in [0.3, 0.4) is 0 Å². The summed E-state index contributed by atoms with van der Waals surface area (Å²) in [6.07, 6.45) is 0. The Bertz CT molecular complexity index is 3370. The van der Waals surface area contributed by atoms with Gasteiger partial charge in [-0.1, -0.05) is 157 Å². The molecule has 0 fully saturated rings. The molecule has 0 aliphatic rings. The van der Waals surface area contributed by atoms with Crippen LogP contribution in [0, 0.1) is 0 Å². The molecule has 0 atom stereocenters. The Morgan fingerprint density at radius 1 is 0.388 bits per heavy atom. The van der Waals surface area contributed by atoms with E-state index < -0.39 is 72.5 Å². The van der Waals surface area contributed by atoms with Crippen molar-refractivity contribution in [1.29, 1.82) is 0 Å². The molecule has 0 bridgehead atoms. The average molecular weight is 642 g/mol. The summed E-state index contributed by atoms with van der Waals surface area (Å²) in [5, 5.41) is -0.165. The van der Waals surface area contributed by atoms with Gasteiger partial charge in [-0.2, -0.15) is 0 Å². The largest absolute Gasteiger partial charge is 0.309 e. The first kappa shape index (κ1) is 17.0. The van der Waals surface area contributed by atoms with Crippen molar-refractivity contribution < 1.29 is 20.6 Å². The lowest BCUT2D eigenvalue weighted by Gasteiger charge is -2.16. The summed E-state index contributed by atoms with van der Waals surface area (Å²) in [4.78, 5) is 14.1. The van der Waals surface area contributed by atoms with Crippen LogP contribution in [0.1, 0.15) is 20.6 Å². The van der Waals surface area contributed by atoms with Gasteiger partial charge in [-0.05, 0) is 46.5 Å². The maximum absolute atomic E-state index is 9.18. The Labute approximate surface area is 305 Å². The van der Waals surface area contributed by atoms with Gasteiger partial charge in [0, 0.05) is 27.5 Å². The molecule has 0 amide bonds. The number of aromatic nitrogens is 4. The van der Waals surface area contributed by atoms with Crippen LogP contribution in [-0.4, -0.2) is 19.5 Å². The Balaban J connectivity index is 1.43. The molecule has 4 heteroatoms. The molecule has 0 N–H and O–H groups in total. The van der Waals surface area contributed by atoms with Gasteiger partial charge in [-0.15, -0.1) is 0 Å². The number of rotatable bonds is 6. The van der Waals surface area contributed by atoms with Crippen LogP contribution in [0.4, 0.5) is 0 Å². The van der Waals surface area contributed by atoms with Crippen LogP contribution in [-0.2, 0) is 0 Å². The molecule has 0 unspecified atom stereocenters. The minimum Gasteiger partial charge on any atom is -0.309 e. The molecule has 9 rings (SSSR count). The van der Waals surface area contributed by atoms with E-state index in [1.165, 1.54) is 4.57 Å². The lowest BCUT2D eigenvalue weighted by molar-refractivity contribution is 1.06. The Morgan fingerprint density at radius 3 is 1.65 bits per heavy atom. The van der Waals surface area contributed by atoms with Gasteiger partial charge >= 0.3 is 0 Å². The Morgan fingerprint density at radius 2 is 0.939 bits per heavy atom. The standard InChI is InChI=1S/C45H30N4/c1-4-14-31(15-5-1)32-24-26-33(27-25-32)36-28-29-42(49-40-22-12-10-20-37(40)38-21-11-13-23-41(38)49)39(30-36)45-47-43(34-16-6-2-7-17-34)46-44(48-45)35-18-8-3-9-19-35/h1-30H/i2D,3D,6D,7D,8D,9D,10D,11D,12D,16D,18D,20D,21D,22D,23D. The van der Waals surface area contributed by atoms with E-state index >= 15 is 0 Å². The van der Waals surface area contributed by atoms with Crippen LogP contribution < -0.4 is 0 Å². The summed E-state index contributed by atoms with van der Waals surface area (Å²) in [5.74, 6) is -0.774. The third-order valence-corrected chi connectivity index (χ3v) is 8.10. The highest BCUT2D eigenvalue weighted by atomic mass is 15.1. The fourth-order valence-corrected chi connectivity index (χ4v) is 5.82. The summed E-state index contributed by atoms with van der Waals surface area (Å²) < 4.78 is 131. The fourth-order valence-electron chi connectivity index (χ4n) is 5.82. The zero-order valence-electron chi connectivity index (χ0n) is 40.4. The molecule has 9 aromatic rings. The molecule has 49 heavy (non-hydrogen) atoms. The fraction of sp³-hybridized carbons (Fsp3) is 0. The van der Waals surface area contributed by atoms with Crippen molar-refractivity contribution in [2.45, 2.75) is 0 Å². The van der Waals surface area contributed by atoms with Crippen molar-refractivity contribution in [3.63, 3.8) is 0 Å². The number of hydrogen-bond acceptors (Lipinski definition) is 3. The van der Waals surface area contributed by atoms with Gasteiger partial charge in [0.2, 0.25) is 0 Å². The van der Waals surface area contributed by atoms with E-state index in [-0.39, 0.29) is 79.8 Å². The van der Waals surface area contributed by atoms with Crippen molar-refractivity contribution in [3.8, 4) is 62.1 Å². The smallest absolute Gasteiger partial charge is 0.166 e. The molecule has 4 nitrogen and oxygen atoms in total. The first-order valence-corrected chi connectivity index (χ1v) is 15.2.